The normalized spacial score (nSPS) is 11.4. The van der Waals surface area contributed by atoms with Crippen LogP contribution in [-0.2, 0) is 9.59 Å². The number of carbonyl (C=O) groups is 2. The summed E-state index contributed by atoms with van der Waals surface area (Å²) >= 11 is 0. The first kappa shape index (κ1) is 18.3. The molecule has 2 aromatic rings. The van der Waals surface area contributed by atoms with Crippen LogP contribution in [0, 0.1) is 0 Å². The molecule has 2 rings (SSSR count). The molecule has 0 heterocycles. The van der Waals surface area contributed by atoms with E-state index >= 15 is 0 Å². The highest BCUT2D eigenvalue weighted by molar-refractivity contribution is 5.90. The monoisotopic (exact) mass is 341 g/mol. The topological polar surface area (TPSA) is 70.7 Å². The quantitative estimate of drug-likeness (QED) is 0.847. The first-order valence-corrected chi connectivity index (χ1v) is 7.90. The molecule has 2 amide bonds. The molecule has 2 aromatic carbocycles. The summed E-state index contributed by atoms with van der Waals surface area (Å²) in [7, 11) is 4.99. The predicted octanol–water partition coefficient (Wildman–Crippen LogP) is 2.90. The lowest BCUT2D eigenvalue weighted by Gasteiger charge is -2.24. The molecule has 0 aliphatic rings. The number of anilines is 2. The first-order valence-electron chi connectivity index (χ1n) is 7.90. The van der Waals surface area contributed by atoms with E-state index in [4.69, 9.17) is 4.74 Å². The Morgan fingerprint density at radius 3 is 2.32 bits per heavy atom. The van der Waals surface area contributed by atoms with Crippen molar-refractivity contribution in [3.63, 3.8) is 0 Å². The molecule has 0 aliphatic heterocycles. The molecule has 0 bridgehead atoms. The molecule has 6 heteroatoms. The molecule has 0 saturated carbocycles. The van der Waals surface area contributed by atoms with E-state index in [9.17, 15) is 9.59 Å². The molecule has 0 fully saturated rings. The Bertz CT molecular complexity index is 745. The van der Waals surface area contributed by atoms with Crippen LogP contribution >= 0.6 is 0 Å². The van der Waals surface area contributed by atoms with Gasteiger partial charge in [0, 0.05) is 26.7 Å². The number of amides is 2. The van der Waals surface area contributed by atoms with E-state index in [-0.39, 0.29) is 11.8 Å². The van der Waals surface area contributed by atoms with Gasteiger partial charge in [0.2, 0.25) is 11.8 Å². The number of likely N-dealkylation sites (N-methyl/N-ethyl adjacent to an activating group) is 1. The van der Waals surface area contributed by atoms with Gasteiger partial charge in [0.05, 0.1) is 12.8 Å². The van der Waals surface area contributed by atoms with Gasteiger partial charge in [-0.15, -0.1) is 0 Å². The SMILES string of the molecule is COc1ccc(NC(C)=O)cc1NC(C(=O)N(C)C)c1ccccc1. The second-order valence-corrected chi connectivity index (χ2v) is 5.82. The van der Waals surface area contributed by atoms with E-state index in [0.717, 1.165) is 5.56 Å². The summed E-state index contributed by atoms with van der Waals surface area (Å²) in [6, 6.07) is 14.1. The van der Waals surface area contributed by atoms with Crippen LogP contribution in [0.4, 0.5) is 11.4 Å². The van der Waals surface area contributed by atoms with Crippen molar-refractivity contribution in [3.8, 4) is 5.75 Å². The Balaban J connectivity index is 2.40. The standard InChI is InChI=1S/C19H23N3O3/c1-13(23)20-15-10-11-17(25-4)16(12-15)21-18(19(24)22(2)3)14-8-6-5-7-9-14/h5-12,18,21H,1-4H3,(H,20,23). The molecule has 0 radical (unpaired) electrons. The fraction of sp³-hybridized carbons (Fsp3) is 0.263. The fourth-order valence-corrected chi connectivity index (χ4v) is 2.45. The van der Waals surface area contributed by atoms with Gasteiger partial charge in [-0.3, -0.25) is 9.59 Å². The van der Waals surface area contributed by atoms with Crippen molar-refractivity contribution in [3.05, 3.63) is 54.1 Å². The van der Waals surface area contributed by atoms with Crippen molar-refractivity contribution >= 4 is 23.2 Å². The highest BCUT2D eigenvalue weighted by atomic mass is 16.5. The van der Waals surface area contributed by atoms with Crippen LogP contribution in [-0.4, -0.2) is 37.9 Å². The van der Waals surface area contributed by atoms with E-state index in [1.807, 2.05) is 30.3 Å². The first-order chi connectivity index (χ1) is 11.9. The van der Waals surface area contributed by atoms with Crippen molar-refractivity contribution in [2.24, 2.45) is 0 Å². The Hall–Kier alpha value is -3.02. The molecule has 6 nitrogen and oxygen atoms in total. The van der Waals surface area contributed by atoms with Gasteiger partial charge in [0.25, 0.3) is 0 Å². The van der Waals surface area contributed by atoms with Gasteiger partial charge in [-0.2, -0.15) is 0 Å². The number of benzene rings is 2. The molecule has 0 aliphatic carbocycles. The lowest BCUT2D eigenvalue weighted by molar-refractivity contribution is -0.129. The second-order valence-electron chi connectivity index (χ2n) is 5.82. The van der Waals surface area contributed by atoms with Crippen LogP contribution in [0.15, 0.2) is 48.5 Å². The highest BCUT2D eigenvalue weighted by Gasteiger charge is 2.23. The third kappa shape index (κ3) is 4.73. The molecule has 2 N–H and O–H groups in total. The van der Waals surface area contributed by atoms with Gasteiger partial charge in [-0.25, -0.2) is 0 Å². The van der Waals surface area contributed by atoms with Gasteiger partial charge >= 0.3 is 0 Å². The number of carbonyl (C=O) groups excluding carboxylic acids is 2. The predicted molar refractivity (Wildman–Crippen MR) is 98.8 cm³/mol. The zero-order chi connectivity index (χ0) is 18.4. The van der Waals surface area contributed by atoms with Crippen molar-refractivity contribution < 1.29 is 14.3 Å². The van der Waals surface area contributed by atoms with Gasteiger partial charge in [0.15, 0.2) is 0 Å². The Labute approximate surface area is 147 Å². The molecule has 0 aromatic heterocycles. The molecule has 1 atom stereocenters. The Morgan fingerprint density at radius 2 is 1.76 bits per heavy atom. The third-order valence-corrected chi connectivity index (χ3v) is 3.64. The molecule has 25 heavy (non-hydrogen) atoms. The van der Waals surface area contributed by atoms with Crippen LogP contribution in [0.3, 0.4) is 0 Å². The van der Waals surface area contributed by atoms with Gasteiger partial charge in [-0.05, 0) is 23.8 Å². The summed E-state index contributed by atoms with van der Waals surface area (Å²) in [4.78, 5) is 25.5. The molecule has 132 valence electrons. The summed E-state index contributed by atoms with van der Waals surface area (Å²) in [5.41, 5.74) is 2.09. The van der Waals surface area contributed by atoms with E-state index in [1.165, 1.54) is 11.8 Å². The van der Waals surface area contributed by atoms with Crippen molar-refractivity contribution in [1.82, 2.24) is 4.90 Å². The number of methoxy groups -OCH3 is 1. The zero-order valence-electron chi connectivity index (χ0n) is 14.9. The van der Waals surface area contributed by atoms with Gasteiger partial charge in [0.1, 0.15) is 11.8 Å². The van der Waals surface area contributed by atoms with E-state index < -0.39 is 6.04 Å². The van der Waals surface area contributed by atoms with E-state index in [2.05, 4.69) is 10.6 Å². The van der Waals surface area contributed by atoms with Gasteiger partial charge in [-0.1, -0.05) is 30.3 Å². The maximum Gasteiger partial charge on any atom is 0.249 e. The summed E-state index contributed by atoms with van der Waals surface area (Å²) in [5.74, 6) is 0.333. The maximum atomic E-state index is 12.7. The van der Waals surface area contributed by atoms with E-state index in [0.29, 0.717) is 17.1 Å². The minimum absolute atomic E-state index is 0.0850. The number of hydrogen-bond donors (Lipinski definition) is 2. The molecular formula is C19H23N3O3. The van der Waals surface area contributed by atoms with Crippen LogP contribution in [0.2, 0.25) is 0 Å². The Kier molecular flexibility index (Phi) is 6.00. The van der Waals surface area contributed by atoms with Crippen molar-refractivity contribution in [2.45, 2.75) is 13.0 Å². The minimum Gasteiger partial charge on any atom is -0.495 e. The van der Waals surface area contributed by atoms with Crippen molar-refractivity contribution in [2.75, 3.05) is 31.8 Å². The molecule has 1 unspecified atom stereocenters. The second kappa shape index (κ2) is 8.19. The zero-order valence-corrected chi connectivity index (χ0v) is 14.9. The smallest absolute Gasteiger partial charge is 0.249 e. The van der Waals surface area contributed by atoms with Crippen LogP contribution in [0.5, 0.6) is 5.75 Å². The average Bonchev–Trinajstić information content (AvgIpc) is 2.59. The highest BCUT2D eigenvalue weighted by Crippen LogP contribution is 2.31. The minimum atomic E-state index is -0.572. The summed E-state index contributed by atoms with van der Waals surface area (Å²) in [5, 5.41) is 5.97. The summed E-state index contributed by atoms with van der Waals surface area (Å²) < 4.78 is 5.38. The number of rotatable bonds is 6. The summed E-state index contributed by atoms with van der Waals surface area (Å²) in [6.07, 6.45) is 0. The maximum absolute atomic E-state index is 12.7. The third-order valence-electron chi connectivity index (χ3n) is 3.64. The van der Waals surface area contributed by atoms with Crippen LogP contribution < -0.4 is 15.4 Å². The lowest BCUT2D eigenvalue weighted by Crippen LogP contribution is -2.32. The number of nitrogens with zero attached hydrogens (tertiary/aromatic N) is 1. The van der Waals surface area contributed by atoms with Crippen molar-refractivity contribution in [1.29, 1.82) is 0 Å². The number of ether oxygens (including phenoxy) is 1. The number of nitrogens with one attached hydrogen (secondary N) is 2. The van der Waals surface area contributed by atoms with Crippen LogP contribution in [0.1, 0.15) is 18.5 Å². The molecule has 0 spiro atoms. The summed E-state index contributed by atoms with van der Waals surface area (Å²) in [6.45, 7) is 1.44. The lowest BCUT2D eigenvalue weighted by atomic mass is 10.0. The number of hydrogen-bond acceptors (Lipinski definition) is 4. The fourth-order valence-electron chi connectivity index (χ4n) is 2.45. The molecular weight excluding hydrogens is 318 g/mol. The Morgan fingerprint density at radius 1 is 1.08 bits per heavy atom. The van der Waals surface area contributed by atoms with Crippen LogP contribution in [0.25, 0.3) is 0 Å². The van der Waals surface area contributed by atoms with Gasteiger partial charge < -0.3 is 20.3 Å². The van der Waals surface area contributed by atoms with E-state index in [1.54, 1.807) is 39.4 Å². The average molecular weight is 341 g/mol. The molecule has 0 saturated heterocycles. The largest absolute Gasteiger partial charge is 0.495 e.